The second kappa shape index (κ2) is 23.7. The average Bonchev–Trinajstić information content (AvgIpc) is 2.48. The highest BCUT2D eigenvalue weighted by Gasteiger charge is 2.38. The van der Waals surface area contributed by atoms with Crippen LogP contribution in [-0.2, 0) is 48.7 Å². The molecular weight excluding hydrogens is 1060 g/mol. The van der Waals surface area contributed by atoms with Crippen LogP contribution in [0.2, 0.25) is 0 Å². The van der Waals surface area contributed by atoms with Gasteiger partial charge in [0.05, 0.1) is 0 Å². The lowest BCUT2D eigenvalue weighted by atomic mass is 9.78. The number of aryl methyl sites for hydroxylation is 4. The highest BCUT2D eigenvalue weighted by molar-refractivity contribution is 7.43. The van der Waals surface area contributed by atoms with Crippen LogP contribution in [0, 0.1) is 27.7 Å². The average molecular weight is 1170 g/mol. The van der Waals surface area contributed by atoms with E-state index in [1.807, 2.05) is 0 Å². The SMILES string of the molecule is Cc1cc(C(C)(C)C)c(OP(Oc2ccc(C(C)(C)c3ccc(OP(Oc4c(C(C)(C)C)cc(C)cc4C(C)(C)C)Oc4c(C(C)(C)C)cc(C)cc4C(C)(C)C)cc3)cc2)Oc2c(C(C)(C)C)cc(C)cc2C(C)(C)C)c(C(C)(C)C)c1. The Morgan fingerprint density at radius 2 is 0.386 bits per heavy atom. The smallest absolute Gasteiger partial charge is 0.409 e. The predicted molar refractivity (Wildman–Crippen MR) is 357 cm³/mol. The van der Waals surface area contributed by atoms with Gasteiger partial charge in [0, 0.05) is 49.9 Å². The van der Waals surface area contributed by atoms with Crippen LogP contribution in [0.5, 0.6) is 34.5 Å². The normalized spacial score (nSPS) is 13.4. The summed E-state index contributed by atoms with van der Waals surface area (Å²) in [6, 6.07) is 34.9. The maximum Gasteiger partial charge on any atom is 0.530 e. The summed E-state index contributed by atoms with van der Waals surface area (Å²) in [6.07, 6.45) is 0. The monoisotopic (exact) mass is 1160 g/mol. The summed E-state index contributed by atoms with van der Waals surface area (Å²) in [7, 11) is -4.11. The lowest BCUT2D eigenvalue weighted by Gasteiger charge is -2.33. The molecular formula is C75H106O6P2. The summed E-state index contributed by atoms with van der Waals surface area (Å²) < 4.78 is 43.4. The number of rotatable bonds is 14. The Bertz CT molecular complexity index is 2730. The van der Waals surface area contributed by atoms with Gasteiger partial charge in [-0.05, 0) is 106 Å². The maximum atomic E-state index is 7.31. The topological polar surface area (TPSA) is 55.4 Å². The van der Waals surface area contributed by atoms with Crippen LogP contribution < -0.4 is 27.1 Å². The van der Waals surface area contributed by atoms with Crippen molar-refractivity contribution in [2.75, 3.05) is 0 Å². The molecule has 0 unspecified atom stereocenters. The van der Waals surface area contributed by atoms with E-state index in [2.05, 4.69) is 305 Å². The summed E-state index contributed by atoms with van der Waals surface area (Å²) in [4.78, 5) is 0. The van der Waals surface area contributed by atoms with Crippen molar-refractivity contribution >= 4 is 17.2 Å². The number of hydrogen-bond donors (Lipinski definition) is 0. The summed E-state index contributed by atoms with van der Waals surface area (Å²) in [5, 5.41) is 0. The third-order valence-corrected chi connectivity index (χ3v) is 17.6. The Kier molecular flexibility index (Phi) is 19.2. The summed E-state index contributed by atoms with van der Waals surface area (Å²) >= 11 is 0. The van der Waals surface area contributed by atoms with Crippen molar-refractivity contribution in [2.24, 2.45) is 0 Å². The zero-order valence-corrected chi connectivity index (χ0v) is 58.9. The lowest BCUT2D eigenvalue weighted by molar-refractivity contribution is 0.364. The largest absolute Gasteiger partial charge is 0.530 e. The predicted octanol–water partition coefficient (Wildman–Crippen LogP) is 23.2. The number of hydrogen-bond acceptors (Lipinski definition) is 6. The molecule has 0 fully saturated rings. The first-order valence-corrected chi connectivity index (χ1v) is 32.3. The molecule has 0 amide bonds. The fourth-order valence-corrected chi connectivity index (χ4v) is 12.8. The van der Waals surface area contributed by atoms with Crippen molar-refractivity contribution in [1.29, 1.82) is 0 Å². The first-order valence-electron chi connectivity index (χ1n) is 30.1. The Hall–Kier alpha value is -5.02. The van der Waals surface area contributed by atoms with E-state index >= 15 is 0 Å². The minimum atomic E-state index is -2.06. The molecule has 6 rings (SSSR count). The van der Waals surface area contributed by atoms with Gasteiger partial charge in [0.15, 0.2) is 0 Å². The first-order chi connectivity index (χ1) is 37.6. The van der Waals surface area contributed by atoms with Crippen molar-refractivity contribution in [3.63, 3.8) is 0 Å². The van der Waals surface area contributed by atoms with Crippen LogP contribution in [0.25, 0.3) is 0 Å². The van der Waals surface area contributed by atoms with Crippen molar-refractivity contribution < 1.29 is 27.1 Å². The van der Waals surface area contributed by atoms with Gasteiger partial charge >= 0.3 is 17.2 Å². The minimum Gasteiger partial charge on any atom is -0.409 e. The quantitative estimate of drug-likeness (QED) is 0.101. The Morgan fingerprint density at radius 1 is 0.229 bits per heavy atom. The molecule has 6 nitrogen and oxygen atoms in total. The zero-order chi connectivity index (χ0) is 62.8. The van der Waals surface area contributed by atoms with E-state index in [0.29, 0.717) is 11.5 Å². The zero-order valence-electron chi connectivity index (χ0n) is 57.1. The van der Waals surface area contributed by atoms with Gasteiger partial charge in [-0.25, -0.2) is 0 Å². The molecule has 0 N–H and O–H groups in total. The van der Waals surface area contributed by atoms with Crippen LogP contribution in [0.4, 0.5) is 0 Å². The van der Waals surface area contributed by atoms with Crippen LogP contribution in [0.15, 0.2) is 97.1 Å². The molecule has 0 heterocycles. The van der Waals surface area contributed by atoms with Crippen molar-refractivity contribution in [2.45, 2.75) is 256 Å². The molecule has 6 aromatic rings. The molecule has 452 valence electrons. The van der Waals surface area contributed by atoms with Gasteiger partial charge in [-0.1, -0.05) is 275 Å². The third kappa shape index (κ3) is 16.3. The molecule has 0 aliphatic carbocycles. The van der Waals surface area contributed by atoms with E-state index in [9.17, 15) is 0 Å². The Balaban J connectivity index is 1.42. The van der Waals surface area contributed by atoms with Gasteiger partial charge in [-0.2, -0.15) is 0 Å². The van der Waals surface area contributed by atoms with Crippen LogP contribution in [0.1, 0.15) is 258 Å². The van der Waals surface area contributed by atoms with Crippen molar-refractivity contribution in [3.8, 4) is 34.5 Å². The highest BCUT2D eigenvalue weighted by atomic mass is 31.2. The second-order valence-electron chi connectivity index (χ2n) is 32.4. The van der Waals surface area contributed by atoms with E-state index in [1.54, 1.807) is 0 Å². The van der Waals surface area contributed by atoms with E-state index in [-0.39, 0.29) is 43.3 Å². The highest BCUT2D eigenvalue weighted by Crippen LogP contribution is 2.55. The van der Waals surface area contributed by atoms with Gasteiger partial charge < -0.3 is 27.1 Å². The Labute approximate surface area is 507 Å². The van der Waals surface area contributed by atoms with Gasteiger partial charge in [0.2, 0.25) is 0 Å². The molecule has 0 spiro atoms. The number of benzene rings is 6. The van der Waals surface area contributed by atoms with Crippen LogP contribution in [-0.4, -0.2) is 0 Å². The fraction of sp³-hybridized carbons (Fsp3) is 0.520. The van der Waals surface area contributed by atoms with Gasteiger partial charge in [-0.15, -0.1) is 0 Å². The van der Waals surface area contributed by atoms with E-state index in [1.165, 1.54) is 22.3 Å². The molecule has 8 heteroatoms. The van der Waals surface area contributed by atoms with Crippen molar-refractivity contribution in [3.05, 3.63) is 175 Å². The van der Waals surface area contributed by atoms with Gasteiger partial charge in [0.25, 0.3) is 0 Å². The van der Waals surface area contributed by atoms with Crippen molar-refractivity contribution in [1.82, 2.24) is 0 Å². The fourth-order valence-electron chi connectivity index (χ4n) is 10.6. The van der Waals surface area contributed by atoms with Crippen LogP contribution in [0.3, 0.4) is 0 Å². The van der Waals surface area contributed by atoms with E-state index < -0.39 is 22.6 Å². The second-order valence-corrected chi connectivity index (χ2v) is 34.4. The van der Waals surface area contributed by atoms with E-state index in [4.69, 9.17) is 27.1 Å². The van der Waals surface area contributed by atoms with Crippen LogP contribution >= 0.6 is 17.2 Å². The Morgan fingerprint density at radius 3 is 0.530 bits per heavy atom. The standard InChI is InChI=1S/C75H106O6P2/c1-47-39-55(67(5,6)7)63(56(40-47)68(8,9)10)78-82(79-64-57(69(11,12)13)41-48(2)42-58(64)70(14,15)16)76-53-35-31-51(32-36-53)75(29,30)52-33-37-54(38-34-52)77-83(80-65-59(71(17,18)19)43-49(3)44-60(65)72(20,21)22)81-66-61(73(23,24)25)45-50(4)46-62(66)74(26,27)28/h31-46H,1-30H3. The summed E-state index contributed by atoms with van der Waals surface area (Å²) in [5.74, 6) is 4.59. The molecule has 0 atom stereocenters. The third-order valence-electron chi connectivity index (χ3n) is 15.6. The molecule has 0 aliphatic rings. The molecule has 0 saturated carbocycles. The molecule has 0 aliphatic heterocycles. The lowest BCUT2D eigenvalue weighted by Crippen LogP contribution is -2.22. The first kappa shape index (κ1) is 67.1. The van der Waals surface area contributed by atoms with Gasteiger partial charge in [-0.3, -0.25) is 0 Å². The molecule has 6 aromatic carbocycles. The van der Waals surface area contributed by atoms with E-state index in [0.717, 1.165) is 78.6 Å². The van der Waals surface area contributed by atoms with Gasteiger partial charge in [0.1, 0.15) is 34.5 Å². The molecule has 0 bridgehead atoms. The summed E-state index contributed by atoms with van der Waals surface area (Å²) in [6.45, 7) is 67.1. The maximum absolute atomic E-state index is 7.31. The minimum absolute atomic E-state index is 0.220. The molecule has 0 radical (unpaired) electrons. The molecule has 0 saturated heterocycles. The molecule has 83 heavy (non-hydrogen) atoms. The molecule has 0 aromatic heterocycles. The summed E-state index contributed by atoms with van der Waals surface area (Å²) in [5.41, 5.74) is 13.8.